The van der Waals surface area contributed by atoms with E-state index in [0.717, 1.165) is 18.9 Å². The molecule has 140 valence electrons. The molecule has 1 fully saturated rings. The largest absolute Gasteiger partial charge is 0.506 e. The van der Waals surface area contributed by atoms with Crippen molar-refractivity contribution in [1.29, 1.82) is 0 Å². The summed E-state index contributed by atoms with van der Waals surface area (Å²) in [6, 6.07) is 5.27. The van der Waals surface area contributed by atoms with Crippen LogP contribution < -0.4 is 5.32 Å². The first-order valence-corrected chi connectivity index (χ1v) is 8.47. The molecule has 0 bridgehead atoms. The number of nitrogens with one attached hydrogen (secondary N) is 1. The summed E-state index contributed by atoms with van der Waals surface area (Å²) in [5.74, 6) is -1.20. The second kappa shape index (κ2) is 6.83. The molecule has 1 atom stereocenters. The average Bonchev–Trinajstić information content (AvgIpc) is 3.30. The number of amides is 1. The number of carbonyl (C=O) groups is 1. The number of halogens is 4. The summed E-state index contributed by atoms with van der Waals surface area (Å²) < 4.78 is 40.1. The number of alkyl halides is 3. The molecule has 1 aliphatic carbocycles. The highest BCUT2D eigenvalue weighted by Crippen LogP contribution is 2.42. The van der Waals surface area contributed by atoms with Gasteiger partial charge in [-0.2, -0.15) is 18.3 Å². The van der Waals surface area contributed by atoms with Gasteiger partial charge in [0, 0.05) is 16.6 Å². The molecule has 3 rings (SSSR count). The molecule has 2 aromatic rings. The molecule has 0 spiro atoms. The summed E-state index contributed by atoms with van der Waals surface area (Å²) in [5, 5.41) is 16.3. The van der Waals surface area contributed by atoms with Crippen LogP contribution in [0.25, 0.3) is 0 Å². The Morgan fingerprint density at radius 3 is 2.73 bits per heavy atom. The van der Waals surface area contributed by atoms with Gasteiger partial charge in [0.1, 0.15) is 5.75 Å². The van der Waals surface area contributed by atoms with Gasteiger partial charge in [0.2, 0.25) is 5.91 Å². The van der Waals surface area contributed by atoms with Crippen molar-refractivity contribution in [2.45, 2.75) is 38.4 Å². The highest BCUT2D eigenvalue weighted by Gasteiger charge is 2.38. The van der Waals surface area contributed by atoms with Crippen molar-refractivity contribution >= 4 is 23.2 Å². The quantitative estimate of drug-likeness (QED) is 0.746. The fraction of sp³-hybridized carbons (Fsp3) is 0.412. The third-order valence-corrected chi connectivity index (χ3v) is 4.44. The minimum atomic E-state index is -4.52. The Labute approximate surface area is 152 Å². The first-order chi connectivity index (χ1) is 12.1. The monoisotopic (exact) mass is 387 g/mol. The number of aromatic hydroxyl groups is 1. The van der Waals surface area contributed by atoms with E-state index in [-0.39, 0.29) is 23.9 Å². The van der Waals surface area contributed by atoms with Crippen LogP contribution in [0.4, 0.5) is 18.9 Å². The predicted molar refractivity (Wildman–Crippen MR) is 90.1 cm³/mol. The van der Waals surface area contributed by atoms with E-state index in [1.165, 1.54) is 22.9 Å². The molecule has 1 heterocycles. The number of benzene rings is 1. The third-order valence-electron chi connectivity index (χ3n) is 4.21. The molecule has 9 heteroatoms. The normalized spacial score (nSPS) is 15.7. The van der Waals surface area contributed by atoms with Gasteiger partial charge in [0.25, 0.3) is 0 Å². The zero-order chi connectivity index (χ0) is 19.1. The minimum absolute atomic E-state index is 0.00900. The van der Waals surface area contributed by atoms with Gasteiger partial charge in [-0.3, -0.25) is 9.48 Å². The Morgan fingerprint density at radius 1 is 1.42 bits per heavy atom. The lowest BCUT2D eigenvalue weighted by atomic mass is 10.1. The van der Waals surface area contributed by atoms with E-state index in [2.05, 4.69) is 10.4 Å². The van der Waals surface area contributed by atoms with Gasteiger partial charge in [0.05, 0.1) is 18.2 Å². The highest BCUT2D eigenvalue weighted by atomic mass is 35.5. The van der Waals surface area contributed by atoms with E-state index < -0.39 is 23.7 Å². The van der Waals surface area contributed by atoms with Crippen molar-refractivity contribution in [2.75, 3.05) is 5.32 Å². The molecular weight excluding hydrogens is 371 g/mol. The Hall–Kier alpha value is -2.22. The van der Waals surface area contributed by atoms with Crippen LogP contribution in [0.5, 0.6) is 5.75 Å². The number of nitrogens with zero attached hydrogens (tertiary/aromatic N) is 2. The molecule has 0 aliphatic heterocycles. The van der Waals surface area contributed by atoms with E-state index in [0.29, 0.717) is 10.7 Å². The zero-order valence-electron chi connectivity index (χ0n) is 13.8. The maximum atomic E-state index is 12.9. The standard InChI is InChI=1S/C17H17ClF3N3O2/c1-9(16(26)22-12-6-11(18)4-5-14(12)25)8-24-13(10-2-3-10)7-15(23-24)17(19,20)21/h4-7,9-10,25H,2-3,8H2,1H3,(H,22,26). The van der Waals surface area contributed by atoms with Crippen molar-refractivity contribution < 1.29 is 23.1 Å². The van der Waals surface area contributed by atoms with E-state index in [9.17, 15) is 23.1 Å². The molecule has 0 saturated heterocycles. The van der Waals surface area contributed by atoms with Crippen molar-refractivity contribution in [2.24, 2.45) is 5.92 Å². The van der Waals surface area contributed by atoms with Gasteiger partial charge in [-0.25, -0.2) is 0 Å². The number of hydrogen-bond acceptors (Lipinski definition) is 3. The van der Waals surface area contributed by atoms with Crippen LogP contribution in [-0.2, 0) is 17.5 Å². The topological polar surface area (TPSA) is 67.2 Å². The van der Waals surface area contributed by atoms with Crippen molar-refractivity contribution in [3.05, 3.63) is 40.7 Å². The summed E-state index contributed by atoms with van der Waals surface area (Å²) in [5.41, 5.74) is -0.296. The minimum Gasteiger partial charge on any atom is -0.506 e. The van der Waals surface area contributed by atoms with Crippen molar-refractivity contribution in [3.63, 3.8) is 0 Å². The van der Waals surface area contributed by atoms with Crippen LogP contribution in [0.15, 0.2) is 24.3 Å². The first-order valence-electron chi connectivity index (χ1n) is 8.09. The maximum absolute atomic E-state index is 12.9. The van der Waals surface area contributed by atoms with Crippen molar-refractivity contribution in [3.8, 4) is 5.75 Å². The number of aromatic nitrogens is 2. The summed E-state index contributed by atoms with van der Waals surface area (Å²) in [6.45, 7) is 1.59. The maximum Gasteiger partial charge on any atom is 0.435 e. The molecule has 2 N–H and O–H groups in total. The van der Waals surface area contributed by atoms with Crippen LogP contribution >= 0.6 is 11.6 Å². The van der Waals surface area contributed by atoms with Crippen LogP contribution in [0.3, 0.4) is 0 Å². The number of phenols is 1. The van der Waals surface area contributed by atoms with Crippen LogP contribution in [-0.4, -0.2) is 20.8 Å². The van der Waals surface area contributed by atoms with Gasteiger partial charge < -0.3 is 10.4 Å². The van der Waals surface area contributed by atoms with E-state index >= 15 is 0 Å². The summed E-state index contributed by atoms with van der Waals surface area (Å²) in [7, 11) is 0. The van der Waals surface area contributed by atoms with E-state index in [4.69, 9.17) is 11.6 Å². The SMILES string of the molecule is CC(Cn1nc(C(F)(F)F)cc1C1CC1)C(=O)Nc1cc(Cl)ccc1O. The second-order valence-corrected chi connectivity index (χ2v) is 6.90. The zero-order valence-corrected chi connectivity index (χ0v) is 14.6. The van der Waals surface area contributed by atoms with Gasteiger partial charge >= 0.3 is 6.18 Å². The molecule has 1 saturated carbocycles. The number of rotatable bonds is 5. The molecule has 1 unspecified atom stereocenters. The predicted octanol–water partition coefficient (Wildman–Crippen LogP) is 4.41. The van der Waals surface area contributed by atoms with Gasteiger partial charge in [-0.05, 0) is 37.1 Å². The number of anilines is 1. The molecule has 1 amide bonds. The summed E-state index contributed by atoms with van der Waals surface area (Å²) in [6.07, 6.45) is -2.88. The Balaban J connectivity index is 1.75. The molecular formula is C17H17ClF3N3O2. The second-order valence-electron chi connectivity index (χ2n) is 6.46. The van der Waals surface area contributed by atoms with Gasteiger partial charge in [0.15, 0.2) is 5.69 Å². The third kappa shape index (κ3) is 4.12. The van der Waals surface area contributed by atoms with Gasteiger partial charge in [-0.15, -0.1) is 0 Å². The van der Waals surface area contributed by atoms with Gasteiger partial charge in [-0.1, -0.05) is 18.5 Å². The molecule has 1 aromatic carbocycles. The molecule has 1 aromatic heterocycles. The summed E-state index contributed by atoms with van der Waals surface area (Å²) in [4.78, 5) is 12.4. The summed E-state index contributed by atoms with van der Waals surface area (Å²) >= 11 is 5.83. The lowest BCUT2D eigenvalue weighted by molar-refractivity contribution is -0.141. The lowest BCUT2D eigenvalue weighted by Crippen LogP contribution is -2.25. The molecule has 26 heavy (non-hydrogen) atoms. The molecule has 5 nitrogen and oxygen atoms in total. The molecule has 1 aliphatic rings. The lowest BCUT2D eigenvalue weighted by Gasteiger charge is -2.15. The number of hydrogen-bond donors (Lipinski definition) is 2. The Kier molecular flexibility index (Phi) is 4.88. The van der Waals surface area contributed by atoms with Crippen LogP contribution in [0.2, 0.25) is 5.02 Å². The Morgan fingerprint density at radius 2 is 2.12 bits per heavy atom. The smallest absolute Gasteiger partial charge is 0.435 e. The fourth-order valence-corrected chi connectivity index (χ4v) is 2.80. The average molecular weight is 388 g/mol. The van der Waals surface area contributed by atoms with E-state index in [1.807, 2.05) is 0 Å². The Bertz CT molecular complexity index is 831. The van der Waals surface area contributed by atoms with Crippen molar-refractivity contribution in [1.82, 2.24) is 9.78 Å². The first kappa shape index (κ1) is 18.6. The fourth-order valence-electron chi connectivity index (χ4n) is 2.63. The van der Waals surface area contributed by atoms with Crippen LogP contribution in [0, 0.1) is 5.92 Å². The highest BCUT2D eigenvalue weighted by molar-refractivity contribution is 6.31. The molecule has 0 radical (unpaired) electrons. The van der Waals surface area contributed by atoms with E-state index in [1.54, 1.807) is 6.92 Å². The number of carbonyl (C=O) groups excluding carboxylic acids is 1. The van der Waals surface area contributed by atoms with Crippen LogP contribution in [0.1, 0.15) is 37.1 Å². The number of phenolic OH excluding ortho intramolecular Hbond substituents is 1.